The number of nitrogens with one attached hydrogen (secondary N) is 2. The Morgan fingerprint density at radius 3 is 1.96 bits per heavy atom. The molecule has 0 spiro atoms. The number of hydrogen-bond acceptors (Lipinski definition) is 2. The van der Waals surface area contributed by atoms with E-state index in [0.29, 0.717) is 6.07 Å². The van der Waals surface area contributed by atoms with Gasteiger partial charge in [0, 0.05) is 5.69 Å². The molecule has 2 aromatic rings. The van der Waals surface area contributed by atoms with Gasteiger partial charge >= 0.3 is 0 Å². The van der Waals surface area contributed by atoms with E-state index in [4.69, 9.17) is 0 Å². The molecule has 2 aromatic carbocycles. The maximum atomic E-state index is 13.6. The van der Waals surface area contributed by atoms with E-state index in [2.05, 4.69) is 10.6 Å². The minimum absolute atomic E-state index is 0.256. The van der Waals surface area contributed by atoms with Gasteiger partial charge in [-0.3, -0.25) is 9.59 Å². The molecule has 0 radical (unpaired) electrons. The molecule has 2 N–H and O–H groups in total. The predicted molar refractivity (Wildman–Crippen MR) is 83.8 cm³/mol. The van der Waals surface area contributed by atoms with Crippen molar-refractivity contribution in [2.45, 2.75) is 13.8 Å². The number of carbonyl (C=O) groups is 2. The first-order chi connectivity index (χ1) is 11.6. The largest absolute Gasteiger partial charge is 0.325 e. The van der Waals surface area contributed by atoms with Crippen molar-refractivity contribution in [1.82, 2.24) is 0 Å². The topological polar surface area (TPSA) is 58.2 Å². The fraction of sp³-hybridized carbons (Fsp3) is 0.176. The lowest BCUT2D eigenvalue weighted by molar-refractivity contribution is -0.135. The summed E-state index contributed by atoms with van der Waals surface area (Å²) in [7, 11) is 0. The van der Waals surface area contributed by atoms with Crippen molar-refractivity contribution in [3.8, 4) is 0 Å². The highest BCUT2D eigenvalue weighted by Crippen LogP contribution is 2.24. The Bertz CT molecular complexity index is 820. The molecule has 0 bridgehead atoms. The number of anilines is 2. The fourth-order valence-corrected chi connectivity index (χ4v) is 1.82. The predicted octanol–water partition coefficient (Wildman–Crippen LogP) is 3.85. The summed E-state index contributed by atoms with van der Waals surface area (Å²) in [6.07, 6.45) is 0. The van der Waals surface area contributed by atoms with Crippen molar-refractivity contribution >= 4 is 23.2 Å². The molecule has 0 saturated heterocycles. The molecule has 2 amide bonds. The molecular formula is C17H14F4N2O2. The first kappa shape index (κ1) is 18.4. The molecule has 132 valence electrons. The lowest BCUT2D eigenvalue weighted by Crippen LogP contribution is -2.41. The highest BCUT2D eigenvalue weighted by atomic mass is 19.2. The van der Waals surface area contributed by atoms with Crippen molar-refractivity contribution < 1.29 is 27.2 Å². The van der Waals surface area contributed by atoms with Crippen LogP contribution in [-0.4, -0.2) is 11.8 Å². The number of hydrogen-bond donors (Lipinski definition) is 2. The summed E-state index contributed by atoms with van der Waals surface area (Å²) in [6, 6.07) is 6.35. The normalized spacial score (nSPS) is 11.1. The van der Waals surface area contributed by atoms with Gasteiger partial charge in [-0.15, -0.1) is 0 Å². The lowest BCUT2D eigenvalue weighted by atomic mass is 9.90. The molecular weight excluding hydrogens is 340 g/mol. The zero-order valence-electron chi connectivity index (χ0n) is 13.3. The number of amides is 2. The van der Waals surface area contributed by atoms with Gasteiger partial charge in [0.05, 0.1) is 5.69 Å². The molecule has 25 heavy (non-hydrogen) atoms. The third kappa shape index (κ3) is 3.96. The van der Waals surface area contributed by atoms with Crippen LogP contribution < -0.4 is 10.6 Å². The maximum Gasteiger partial charge on any atom is 0.239 e. The van der Waals surface area contributed by atoms with Crippen LogP contribution in [0, 0.1) is 28.7 Å². The Labute approximate surface area is 140 Å². The maximum absolute atomic E-state index is 13.6. The number of carbonyl (C=O) groups excluding carboxylic acids is 2. The number of halogens is 4. The molecule has 4 nitrogen and oxygen atoms in total. The van der Waals surface area contributed by atoms with E-state index < -0.39 is 46.2 Å². The van der Waals surface area contributed by atoms with Crippen molar-refractivity contribution in [1.29, 1.82) is 0 Å². The SMILES string of the molecule is CC(C)(C(=O)Nc1ccc(F)cc1)C(=O)Nc1ccc(F)c(F)c1F. The molecule has 0 atom stereocenters. The molecule has 0 heterocycles. The summed E-state index contributed by atoms with van der Waals surface area (Å²) >= 11 is 0. The summed E-state index contributed by atoms with van der Waals surface area (Å²) in [4.78, 5) is 24.5. The molecule has 0 aromatic heterocycles. The van der Waals surface area contributed by atoms with Gasteiger partial charge < -0.3 is 10.6 Å². The zero-order valence-corrected chi connectivity index (χ0v) is 13.3. The van der Waals surface area contributed by atoms with E-state index in [1.807, 2.05) is 0 Å². The summed E-state index contributed by atoms with van der Waals surface area (Å²) in [5, 5.41) is 4.47. The molecule has 0 aliphatic heterocycles. The van der Waals surface area contributed by atoms with E-state index in [0.717, 1.165) is 18.2 Å². The van der Waals surface area contributed by atoms with Crippen LogP contribution in [0.5, 0.6) is 0 Å². The minimum atomic E-state index is -1.73. The molecule has 2 rings (SSSR count). The van der Waals surface area contributed by atoms with E-state index in [1.54, 1.807) is 0 Å². The molecule has 8 heteroatoms. The van der Waals surface area contributed by atoms with Crippen molar-refractivity contribution in [2.24, 2.45) is 5.41 Å². The van der Waals surface area contributed by atoms with Gasteiger partial charge in [-0.25, -0.2) is 17.6 Å². The van der Waals surface area contributed by atoms with Gasteiger partial charge in [-0.05, 0) is 50.2 Å². The Morgan fingerprint density at radius 1 is 0.800 bits per heavy atom. The summed E-state index contributed by atoms with van der Waals surface area (Å²) < 4.78 is 52.6. The quantitative estimate of drug-likeness (QED) is 0.498. The number of benzene rings is 2. The smallest absolute Gasteiger partial charge is 0.239 e. The van der Waals surface area contributed by atoms with E-state index in [-0.39, 0.29) is 5.69 Å². The first-order valence-corrected chi connectivity index (χ1v) is 7.15. The second-order valence-electron chi connectivity index (χ2n) is 5.76. The summed E-state index contributed by atoms with van der Waals surface area (Å²) in [6.45, 7) is 2.53. The Morgan fingerprint density at radius 2 is 1.36 bits per heavy atom. The lowest BCUT2D eigenvalue weighted by Gasteiger charge is -2.23. The molecule has 0 aliphatic rings. The Hall–Kier alpha value is -2.90. The van der Waals surface area contributed by atoms with E-state index in [1.165, 1.54) is 26.0 Å². The number of rotatable bonds is 4. The van der Waals surface area contributed by atoms with Crippen LogP contribution in [0.3, 0.4) is 0 Å². The third-order valence-electron chi connectivity index (χ3n) is 3.52. The van der Waals surface area contributed by atoms with Gasteiger partial charge in [0.25, 0.3) is 0 Å². The summed E-state index contributed by atoms with van der Waals surface area (Å²) in [5.74, 6) is -6.88. The molecule has 0 aliphatic carbocycles. The second-order valence-corrected chi connectivity index (χ2v) is 5.76. The third-order valence-corrected chi connectivity index (χ3v) is 3.52. The second kappa shape index (κ2) is 6.92. The fourth-order valence-electron chi connectivity index (χ4n) is 1.82. The molecule has 0 saturated carbocycles. The standard InChI is InChI=1S/C17H14F4N2O2/c1-17(2,15(24)22-10-5-3-9(18)4-6-10)16(25)23-12-8-7-11(19)13(20)14(12)21/h3-8H,1-2H3,(H,22,24)(H,23,25). The van der Waals surface area contributed by atoms with Crippen LogP contribution >= 0.6 is 0 Å². The average molecular weight is 354 g/mol. The van der Waals surface area contributed by atoms with Crippen molar-refractivity contribution in [3.63, 3.8) is 0 Å². The van der Waals surface area contributed by atoms with Crippen molar-refractivity contribution in [3.05, 3.63) is 59.7 Å². The Kier molecular flexibility index (Phi) is 5.10. The van der Waals surface area contributed by atoms with Crippen LogP contribution in [0.25, 0.3) is 0 Å². The van der Waals surface area contributed by atoms with Crippen LogP contribution in [-0.2, 0) is 9.59 Å². The highest BCUT2D eigenvalue weighted by Gasteiger charge is 2.36. The molecule has 0 unspecified atom stereocenters. The highest BCUT2D eigenvalue weighted by molar-refractivity contribution is 6.14. The zero-order chi connectivity index (χ0) is 18.8. The van der Waals surface area contributed by atoms with E-state index >= 15 is 0 Å². The van der Waals surface area contributed by atoms with Gasteiger partial charge in [-0.2, -0.15) is 0 Å². The first-order valence-electron chi connectivity index (χ1n) is 7.15. The monoisotopic (exact) mass is 354 g/mol. The van der Waals surface area contributed by atoms with Gasteiger partial charge in [0.15, 0.2) is 17.5 Å². The van der Waals surface area contributed by atoms with Gasteiger partial charge in [0.2, 0.25) is 11.8 Å². The molecule has 0 fully saturated rings. The summed E-state index contributed by atoms with van der Waals surface area (Å²) in [5.41, 5.74) is -2.01. The van der Waals surface area contributed by atoms with E-state index in [9.17, 15) is 27.2 Å². The van der Waals surface area contributed by atoms with Crippen molar-refractivity contribution in [2.75, 3.05) is 10.6 Å². The van der Waals surface area contributed by atoms with Gasteiger partial charge in [0.1, 0.15) is 11.2 Å². The Balaban J connectivity index is 2.15. The average Bonchev–Trinajstić information content (AvgIpc) is 2.57. The van der Waals surface area contributed by atoms with Crippen LogP contribution in [0.4, 0.5) is 28.9 Å². The van der Waals surface area contributed by atoms with Crippen LogP contribution in [0.2, 0.25) is 0 Å². The van der Waals surface area contributed by atoms with Gasteiger partial charge in [-0.1, -0.05) is 0 Å². The van der Waals surface area contributed by atoms with Crippen LogP contribution in [0.15, 0.2) is 36.4 Å². The van der Waals surface area contributed by atoms with Crippen LogP contribution in [0.1, 0.15) is 13.8 Å². The minimum Gasteiger partial charge on any atom is -0.325 e.